The molecule has 3 aromatic rings. The van der Waals surface area contributed by atoms with Crippen LogP contribution in [0.1, 0.15) is 13.8 Å². The fourth-order valence-corrected chi connectivity index (χ4v) is 1.95. The van der Waals surface area contributed by atoms with Gasteiger partial charge in [0.1, 0.15) is 0 Å². The lowest BCUT2D eigenvalue weighted by Crippen LogP contribution is -1.88. The summed E-state index contributed by atoms with van der Waals surface area (Å²) in [4.78, 5) is 0. The van der Waals surface area contributed by atoms with Crippen molar-refractivity contribution in [3.05, 3.63) is 60.7 Å². The van der Waals surface area contributed by atoms with Crippen molar-refractivity contribution in [2.24, 2.45) is 0 Å². The standard InChI is InChI=1S/C14H10.C2H6.CH4O3S/c1-3-7-13-11(5-1)9-10-12-6-2-4-8-14(12)13;1-2;1-5(2,3)4/h1-10H;1-2H3;1H3,(H,2,3,4). The van der Waals surface area contributed by atoms with E-state index in [0.29, 0.717) is 6.26 Å². The SMILES string of the molecule is CC.CS(=O)(=O)O.c1ccc2c(c1)ccc1ccccc12. The molecule has 4 heteroatoms. The predicted molar refractivity (Wildman–Crippen MR) is 90.3 cm³/mol. The van der Waals surface area contributed by atoms with E-state index in [1.54, 1.807) is 0 Å². The molecule has 3 aromatic carbocycles. The summed E-state index contributed by atoms with van der Waals surface area (Å²) < 4.78 is 25.9. The average Bonchev–Trinajstić information content (AvgIpc) is 2.47. The minimum atomic E-state index is -3.67. The highest BCUT2D eigenvalue weighted by Gasteiger charge is 1.97. The van der Waals surface area contributed by atoms with Crippen LogP contribution in [0, 0.1) is 0 Å². The van der Waals surface area contributed by atoms with Gasteiger partial charge in [-0.2, -0.15) is 8.42 Å². The van der Waals surface area contributed by atoms with Gasteiger partial charge in [-0.25, -0.2) is 0 Å². The Bertz CT molecular complexity index is 746. The molecule has 112 valence electrons. The first-order valence-electron chi connectivity index (χ1n) is 6.74. The Morgan fingerprint density at radius 3 is 1.33 bits per heavy atom. The maximum Gasteiger partial charge on any atom is 0.261 e. The number of hydrogen-bond acceptors (Lipinski definition) is 2. The number of fused-ring (bicyclic) bond motifs is 3. The minimum Gasteiger partial charge on any atom is -0.286 e. The van der Waals surface area contributed by atoms with E-state index in [1.807, 2.05) is 13.8 Å². The van der Waals surface area contributed by atoms with Crippen LogP contribution in [0.5, 0.6) is 0 Å². The Morgan fingerprint density at radius 1 is 0.714 bits per heavy atom. The van der Waals surface area contributed by atoms with Crippen molar-refractivity contribution in [2.75, 3.05) is 6.26 Å². The maximum absolute atomic E-state index is 9.19. The highest BCUT2D eigenvalue weighted by molar-refractivity contribution is 7.85. The zero-order valence-electron chi connectivity index (χ0n) is 12.4. The number of benzene rings is 3. The summed E-state index contributed by atoms with van der Waals surface area (Å²) in [5, 5.41) is 5.30. The van der Waals surface area contributed by atoms with Gasteiger partial charge in [0.25, 0.3) is 10.1 Å². The van der Waals surface area contributed by atoms with Crippen LogP contribution in [0.3, 0.4) is 0 Å². The second-order valence-electron chi connectivity index (χ2n) is 4.24. The molecule has 0 aliphatic heterocycles. The summed E-state index contributed by atoms with van der Waals surface area (Å²) in [5.41, 5.74) is 0. The summed E-state index contributed by atoms with van der Waals surface area (Å²) in [6.45, 7) is 4.00. The first kappa shape index (κ1) is 17.1. The molecule has 0 aliphatic rings. The minimum absolute atomic E-state index is 0.715. The van der Waals surface area contributed by atoms with Gasteiger partial charge in [-0.1, -0.05) is 74.5 Å². The Kier molecular flexibility index (Phi) is 6.34. The van der Waals surface area contributed by atoms with Crippen molar-refractivity contribution in [1.29, 1.82) is 0 Å². The second-order valence-corrected chi connectivity index (χ2v) is 5.71. The topological polar surface area (TPSA) is 54.4 Å². The van der Waals surface area contributed by atoms with Crippen molar-refractivity contribution in [1.82, 2.24) is 0 Å². The quantitative estimate of drug-likeness (QED) is 0.490. The van der Waals surface area contributed by atoms with E-state index in [9.17, 15) is 8.42 Å². The summed E-state index contributed by atoms with van der Waals surface area (Å²) in [6, 6.07) is 21.4. The average molecular weight is 304 g/mol. The van der Waals surface area contributed by atoms with Gasteiger partial charge in [0.05, 0.1) is 6.26 Å². The van der Waals surface area contributed by atoms with E-state index in [1.165, 1.54) is 21.5 Å². The van der Waals surface area contributed by atoms with Crippen LogP contribution in [0.2, 0.25) is 0 Å². The smallest absolute Gasteiger partial charge is 0.261 e. The Balaban J connectivity index is 0.000000272. The van der Waals surface area contributed by atoms with Gasteiger partial charge < -0.3 is 0 Å². The molecule has 1 N–H and O–H groups in total. The van der Waals surface area contributed by atoms with Crippen LogP contribution in [0.4, 0.5) is 0 Å². The van der Waals surface area contributed by atoms with Crippen molar-refractivity contribution in [3.63, 3.8) is 0 Å². The molecule has 0 bridgehead atoms. The van der Waals surface area contributed by atoms with Gasteiger partial charge in [0.15, 0.2) is 0 Å². The molecule has 3 rings (SSSR count). The van der Waals surface area contributed by atoms with Gasteiger partial charge in [-0.15, -0.1) is 0 Å². The second kappa shape index (κ2) is 7.76. The van der Waals surface area contributed by atoms with E-state index >= 15 is 0 Å². The first-order chi connectivity index (χ1) is 9.95. The lowest BCUT2D eigenvalue weighted by atomic mass is 10.0. The molecule has 0 aromatic heterocycles. The van der Waals surface area contributed by atoms with Crippen molar-refractivity contribution < 1.29 is 13.0 Å². The van der Waals surface area contributed by atoms with E-state index in [0.717, 1.165) is 0 Å². The Hall–Kier alpha value is -1.91. The van der Waals surface area contributed by atoms with Gasteiger partial charge in [-0.05, 0) is 21.5 Å². The summed E-state index contributed by atoms with van der Waals surface area (Å²) in [6.07, 6.45) is 0.715. The van der Waals surface area contributed by atoms with Gasteiger partial charge >= 0.3 is 0 Å². The zero-order valence-corrected chi connectivity index (χ0v) is 13.3. The predicted octanol–water partition coefficient (Wildman–Crippen LogP) is 4.52. The molecule has 3 nitrogen and oxygen atoms in total. The third-order valence-corrected chi connectivity index (χ3v) is 2.65. The van der Waals surface area contributed by atoms with Gasteiger partial charge in [-0.3, -0.25) is 4.55 Å². The molecule has 0 atom stereocenters. The summed E-state index contributed by atoms with van der Waals surface area (Å²) in [5.74, 6) is 0. The molecule has 0 heterocycles. The van der Waals surface area contributed by atoms with E-state index in [2.05, 4.69) is 60.7 Å². The Morgan fingerprint density at radius 2 is 1.00 bits per heavy atom. The third-order valence-electron chi connectivity index (χ3n) is 2.65. The molecular weight excluding hydrogens is 284 g/mol. The fraction of sp³-hybridized carbons (Fsp3) is 0.176. The molecule has 0 saturated heterocycles. The van der Waals surface area contributed by atoms with E-state index in [4.69, 9.17) is 4.55 Å². The summed E-state index contributed by atoms with van der Waals surface area (Å²) in [7, 11) is -3.67. The molecular formula is C17H20O3S. The van der Waals surface area contributed by atoms with E-state index in [-0.39, 0.29) is 0 Å². The van der Waals surface area contributed by atoms with Crippen LogP contribution in [0.15, 0.2) is 60.7 Å². The number of rotatable bonds is 0. The first-order valence-corrected chi connectivity index (χ1v) is 8.59. The van der Waals surface area contributed by atoms with Crippen LogP contribution >= 0.6 is 0 Å². The Labute approximate surface area is 126 Å². The highest BCUT2D eigenvalue weighted by atomic mass is 32.2. The van der Waals surface area contributed by atoms with Gasteiger partial charge in [0.2, 0.25) is 0 Å². The molecule has 0 unspecified atom stereocenters. The maximum atomic E-state index is 9.19. The normalized spacial score (nSPS) is 10.3. The largest absolute Gasteiger partial charge is 0.286 e. The van der Waals surface area contributed by atoms with Crippen molar-refractivity contribution >= 4 is 31.7 Å². The van der Waals surface area contributed by atoms with E-state index < -0.39 is 10.1 Å². The van der Waals surface area contributed by atoms with Crippen molar-refractivity contribution in [2.45, 2.75) is 13.8 Å². The van der Waals surface area contributed by atoms with Crippen LogP contribution in [0.25, 0.3) is 21.5 Å². The molecule has 21 heavy (non-hydrogen) atoms. The third kappa shape index (κ3) is 5.53. The van der Waals surface area contributed by atoms with Crippen LogP contribution in [-0.4, -0.2) is 19.2 Å². The molecule has 0 aliphatic carbocycles. The lowest BCUT2D eigenvalue weighted by Gasteiger charge is -2.02. The molecule has 0 spiro atoms. The van der Waals surface area contributed by atoms with Gasteiger partial charge in [0, 0.05) is 0 Å². The monoisotopic (exact) mass is 304 g/mol. The van der Waals surface area contributed by atoms with Crippen LogP contribution in [-0.2, 0) is 10.1 Å². The molecule has 0 saturated carbocycles. The fourth-order valence-electron chi connectivity index (χ4n) is 1.95. The summed E-state index contributed by atoms with van der Waals surface area (Å²) >= 11 is 0. The molecule has 0 fully saturated rings. The molecule has 0 amide bonds. The lowest BCUT2D eigenvalue weighted by molar-refractivity contribution is 0.490. The zero-order chi connectivity index (χ0) is 15.9. The highest BCUT2D eigenvalue weighted by Crippen LogP contribution is 2.24. The van der Waals surface area contributed by atoms with Crippen LogP contribution < -0.4 is 0 Å². The molecule has 0 radical (unpaired) electrons. The van der Waals surface area contributed by atoms with Crippen molar-refractivity contribution in [3.8, 4) is 0 Å². The number of hydrogen-bond donors (Lipinski definition) is 1.